The van der Waals surface area contributed by atoms with Gasteiger partial charge in [-0.2, -0.15) is 0 Å². The number of hydrogen-bond donors (Lipinski definition) is 0. The van der Waals surface area contributed by atoms with E-state index in [2.05, 4.69) is 4.98 Å². The van der Waals surface area contributed by atoms with E-state index in [1.165, 1.54) is 0 Å². The van der Waals surface area contributed by atoms with E-state index in [0.717, 1.165) is 10.9 Å². The summed E-state index contributed by atoms with van der Waals surface area (Å²) in [6.45, 7) is 1.72. The molecule has 1 aromatic heterocycles. The molecule has 0 aliphatic carbocycles. The number of aryl methyl sites for hydroxylation is 1. The third-order valence-corrected chi connectivity index (χ3v) is 5.10. The number of nitrogens with zero attached hydrogens (tertiary/aromatic N) is 1. The molecule has 0 saturated carbocycles. The highest BCUT2D eigenvalue weighted by Gasteiger charge is 2.20. The lowest BCUT2D eigenvalue weighted by molar-refractivity contribution is 0.595. The van der Waals surface area contributed by atoms with Crippen LogP contribution in [0.15, 0.2) is 70.5 Å². The first-order valence-electron chi connectivity index (χ1n) is 6.25. The van der Waals surface area contributed by atoms with Gasteiger partial charge in [0.25, 0.3) is 0 Å². The maximum Gasteiger partial charge on any atom is 0.208 e. The number of para-hydroxylation sites is 1. The van der Waals surface area contributed by atoms with Crippen molar-refractivity contribution < 1.29 is 8.42 Å². The Morgan fingerprint density at radius 1 is 0.900 bits per heavy atom. The molecule has 0 bridgehead atoms. The second kappa shape index (κ2) is 4.72. The average molecular weight is 283 g/mol. The molecule has 0 saturated heterocycles. The number of hydrogen-bond acceptors (Lipinski definition) is 3. The van der Waals surface area contributed by atoms with E-state index in [1.807, 2.05) is 24.3 Å². The molecule has 0 aliphatic heterocycles. The van der Waals surface area contributed by atoms with Crippen LogP contribution in [0, 0.1) is 6.92 Å². The molecule has 0 radical (unpaired) electrons. The standard InChI is InChI=1S/C16H13NO2S/c1-12-16(11-13-7-5-6-10-15(13)17-12)20(18,19)14-8-3-2-4-9-14/h2-11H,1H3. The van der Waals surface area contributed by atoms with E-state index in [1.54, 1.807) is 43.3 Å². The monoisotopic (exact) mass is 283 g/mol. The second-order valence-corrected chi connectivity index (χ2v) is 6.50. The lowest BCUT2D eigenvalue weighted by Gasteiger charge is -2.08. The zero-order chi connectivity index (χ0) is 14.2. The van der Waals surface area contributed by atoms with Crippen molar-refractivity contribution in [2.24, 2.45) is 0 Å². The summed E-state index contributed by atoms with van der Waals surface area (Å²) in [6, 6.07) is 17.6. The fraction of sp³-hybridized carbons (Fsp3) is 0.0625. The van der Waals surface area contributed by atoms with Crippen molar-refractivity contribution in [3.05, 3.63) is 66.4 Å². The molecule has 3 aromatic rings. The summed E-state index contributed by atoms with van der Waals surface area (Å²) >= 11 is 0. The SMILES string of the molecule is Cc1nc2ccccc2cc1S(=O)(=O)c1ccccc1. The molecule has 2 aromatic carbocycles. The van der Waals surface area contributed by atoms with Crippen molar-refractivity contribution in [2.75, 3.05) is 0 Å². The fourth-order valence-corrected chi connectivity index (χ4v) is 3.68. The first-order chi connectivity index (χ1) is 9.59. The van der Waals surface area contributed by atoms with Gasteiger partial charge in [0, 0.05) is 5.39 Å². The first-order valence-corrected chi connectivity index (χ1v) is 7.74. The molecule has 0 N–H and O–H groups in total. The van der Waals surface area contributed by atoms with Crippen LogP contribution in [-0.4, -0.2) is 13.4 Å². The number of rotatable bonds is 2. The van der Waals surface area contributed by atoms with Crippen LogP contribution in [-0.2, 0) is 9.84 Å². The van der Waals surface area contributed by atoms with Crippen molar-refractivity contribution >= 4 is 20.7 Å². The first kappa shape index (κ1) is 12.8. The van der Waals surface area contributed by atoms with E-state index >= 15 is 0 Å². The normalized spacial score (nSPS) is 11.7. The van der Waals surface area contributed by atoms with Gasteiger partial charge in [0.15, 0.2) is 0 Å². The van der Waals surface area contributed by atoms with Gasteiger partial charge in [0.05, 0.1) is 21.0 Å². The second-order valence-electron chi connectivity index (χ2n) is 4.58. The van der Waals surface area contributed by atoms with Crippen LogP contribution in [0.2, 0.25) is 0 Å². The minimum absolute atomic E-state index is 0.266. The molecule has 0 aliphatic rings. The van der Waals surface area contributed by atoms with Gasteiger partial charge in [-0.15, -0.1) is 0 Å². The Bertz CT molecular complexity index is 871. The number of pyridine rings is 1. The molecule has 0 unspecified atom stereocenters. The van der Waals surface area contributed by atoms with Gasteiger partial charge in [0.1, 0.15) is 0 Å². The number of aromatic nitrogens is 1. The smallest absolute Gasteiger partial charge is 0.208 e. The van der Waals surface area contributed by atoms with Gasteiger partial charge >= 0.3 is 0 Å². The van der Waals surface area contributed by atoms with E-state index in [0.29, 0.717) is 10.6 Å². The van der Waals surface area contributed by atoms with Gasteiger partial charge in [-0.1, -0.05) is 36.4 Å². The van der Waals surface area contributed by atoms with E-state index in [9.17, 15) is 8.42 Å². The van der Waals surface area contributed by atoms with Crippen LogP contribution in [0.4, 0.5) is 0 Å². The average Bonchev–Trinajstić information content (AvgIpc) is 2.47. The minimum Gasteiger partial charge on any atom is -0.252 e. The Balaban J connectivity index is 2.27. The van der Waals surface area contributed by atoms with Gasteiger partial charge < -0.3 is 0 Å². The Morgan fingerprint density at radius 3 is 2.30 bits per heavy atom. The lowest BCUT2D eigenvalue weighted by Crippen LogP contribution is -2.05. The van der Waals surface area contributed by atoms with Crippen molar-refractivity contribution in [1.82, 2.24) is 4.98 Å². The molecule has 0 atom stereocenters. The minimum atomic E-state index is -3.52. The third-order valence-electron chi connectivity index (χ3n) is 3.21. The van der Waals surface area contributed by atoms with Gasteiger partial charge in [-0.05, 0) is 31.2 Å². The zero-order valence-electron chi connectivity index (χ0n) is 10.9. The highest BCUT2D eigenvalue weighted by atomic mass is 32.2. The highest BCUT2D eigenvalue weighted by Crippen LogP contribution is 2.25. The summed E-state index contributed by atoms with van der Waals surface area (Å²) in [5.41, 5.74) is 1.32. The van der Waals surface area contributed by atoms with Crippen molar-refractivity contribution in [1.29, 1.82) is 0 Å². The van der Waals surface area contributed by atoms with Crippen LogP contribution in [0.5, 0.6) is 0 Å². The fourth-order valence-electron chi connectivity index (χ4n) is 2.19. The number of benzene rings is 2. The Kier molecular flexibility index (Phi) is 3.03. The van der Waals surface area contributed by atoms with E-state index < -0.39 is 9.84 Å². The maximum atomic E-state index is 12.7. The summed E-state index contributed by atoms with van der Waals surface area (Å²) in [5.74, 6) is 0. The molecule has 100 valence electrons. The van der Waals surface area contributed by atoms with Crippen molar-refractivity contribution in [3.63, 3.8) is 0 Å². The van der Waals surface area contributed by atoms with Crippen molar-refractivity contribution in [3.8, 4) is 0 Å². The van der Waals surface area contributed by atoms with E-state index in [4.69, 9.17) is 0 Å². The molecular weight excluding hydrogens is 270 g/mol. The zero-order valence-corrected chi connectivity index (χ0v) is 11.8. The summed E-state index contributed by atoms with van der Waals surface area (Å²) < 4.78 is 25.3. The van der Waals surface area contributed by atoms with Crippen LogP contribution in [0.1, 0.15) is 5.69 Å². The lowest BCUT2D eigenvalue weighted by atomic mass is 10.2. The quantitative estimate of drug-likeness (QED) is 0.724. The van der Waals surface area contributed by atoms with Crippen LogP contribution >= 0.6 is 0 Å². The summed E-state index contributed by atoms with van der Waals surface area (Å²) in [7, 11) is -3.52. The summed E-state index contributed by atoms with van der Waals surface area (Å²) in [5, 5.41) is 0.826. The number of fused-ring (bicyclic) bond motifs is 1. The molecule has 4 heteroatoms. The topological polar surface area (TPSA) is 47.0 Å². The predicted octanol–water partition coefficient (Wildman–Crippen LogP) is 3.38. The highest BCUT2D eigenvalue weighted by molar-refractivity contribution is 7.91. The maximum absolute atomic E-state index is 12.7. The van der Waals surface area contributed by atoms with Crippen molar-refractivity contribution in [2.45, 2.75) is 16.7 Å². The summed E-state index contributed by atoms with van der Waals surface area (Å²) in [6.07, 6.45) is 0. The van der Waals surface area contributed by atoms with Crippen LogP contribution < -0.4 is 0 Å². The number of sulfone groups is 1. The Labute approximate surface area is 117 Å². The molecule has 20 heavy (non-hydrogen) atoms. The molecule has 1 heterocycles. The molecule has 0 spiro atoms. The van der Waals surface area contributed by atoms with Crippen LogP contribution in [0.25, 0.3) is 10.9 Å². The Morgan fingerprint density at radius 2 is 1.55 bits per heavy atom. The van der Waals surface area contributed by atoms with Gasteiger partial charge in [0.2, 0.25) is 9.84 Å². The van der Waals surface area contributed by atoms with Crippen LogP contribution in [0.3, 0.4) is 0 Å². The Hall–Kier alpha value is -2.20. The van der Waals surface area contributed by atoms with E-state index in [-0.39, 0.29) is 4.90 Å². The molecule has 3 nitrogen and oxygen atoms in total. The van der Waals surface area contributed by atoms with Gasteiger partial charge in [-0.3, -0.25) is 4.98 Å². The van der Waals surface area contributed by atoms with Gasteiger partial charge in [-0.25, -0.2) is 8.42 Å². The third kappa shape index (κ3) is 2.08. The predicted molar refractivity (Wildman–Crippen MR) is 78.4 cm³/mol. The molecule has 3 rings (SSSR count). The molecular formula is C16H13NO2S. The molecule has 0 fully saturated rings. The molecule has 0 amide bonds. The summed E-state index contributed by atoms with van der Waals surface area (Å²) in [4.78, 5) is 4.95. The largest absolute Gasteiger partial charge is 0.252 e.